The molecule has 0 heterocycles. The monoisotopic (exact) mass is 434 g/mol. The van der Waals surface area contributed by atoms with Gasteiger partial charge in [-0.25, -0.2) is 0 Å². The minimum absolute atomic E-state index is 0.0786. The van der Waals surface area contributed by atoms with Crippen molar-refractivity contribution in [2.24, 2.45) is 0 Å². The molecule has 80 valence electrons. The second-order valence-corrected chi connectivity index (χ2v) is 5.84. The maximum absolute atomic E-state index is 12.1. The van der Waals surface area contributed by atoms with Gasteiger partial charge in [-0.15, -0.1) is 0 Å². The van der Waals surface area contributed by atoms with Gasteiger partial charge in [0.1, 0.15) is 0 Å². The standard InChI is InChI=1S/C13H8I2O/c14-11-6-4-9(5-7-11)13(16)10-2-1-3-12(15)8-10/h1-8H. The normalized spacial score (nSPS) is 10.1. The number of hydrogen-bond donors (Lipinski definition) is 0. The van der Waals surface area contributed by atoms with Gasteiger partial charge in [0.05, 0.1) is 0 Å². The van der Waals surface area contributed by atoms with E-state index in [1.54, 1.807) is 0 Å². The molecule has 0 saturated carbocycles. The number of benzene rings is 2. The molecule has 0 saturated heterocycles. The molecule has 0 fully saturated rings. The van der Waals surface area contributed by atoms with Crippen molar-refractivity contribution >= 4 is 51.0 Å². The summed E-state index contributed by atoms with van der Waals surface area (Å²) in [4.78, 5) is 12.1. The fourth-order valence-corrected chi connectivity index (χ4v) is 2.30. The zero-order valence-corrected chi connectivity index (χ0v) is 12.6. The van der Waals surface area contributed by atoms with Crippen LogP contribution in [-0.4, -0.2) is 5.78 Å². The third-order valence-corrected chi connectivity index (χ3v) is 3.58. The van der Waals surface area contributed by atoms with Crippen molar-refractivity contribution in [3.05, 3.63) is 66.8 Å². The molecule has 0 aliphatic carbocycles. The number of carbonyl (C=O) groups excluding carboxylic acids is 1. The van der Waals surface area contributed by atoms with Crippen molar-refractivity contribution in [2.75, 3.05) is 0 Å². The SMILES string of the molecule is O=C(c1ccc(I)cc1)c1cccc(I)c1. The van der Waals surface area contributed by atoms with E-state index in [9.17, 15) is 4.79 Å². The summed E-state index contributed by atoms with van der Waals surface area (Å²) in [5, 5.41) is 0. The van der Waals surface area contributed by atoms with Crippen molar-refractivity contribution < 1.29 is 4.79 Å². The number of rotatable bonds is 2. The molecular weight excluding hydrogens is 426 g/mol. The average Bonchev–Trinajstić information content (AvgIpc) is 2.29. The third-order valence-electron chi connectivity index (χ3n) is 2.19. The van der Waals surface area contributed by atoms with Crippen LogP contribution in [0.25, 0.3) is 0 Å². The maximum Gasteiger partial charge on any atom is 0.193 e. The molecule has 0 bridgehead atoms. The van der Waals surface area contributed by atoms with Crippen LogP contribution in [0.3, 0.4) is 0 Å². The fourth-order valence-electron chi connectivity index (χ4n) is 1.40. The van der Waals surface area contributed by atoms with Crippen LogP contribution in [0, 0.1) is 7.14 Å². The van der Waals surface area contributed by atoms with Crippen molar-refractivity contribution in [2.45, 2.75) is 0 Å². The van der Waals surface area contributed by atoms with Crippen molar-refractivity contribution in [1.29, 1.82) is 0 Å². The van der Waals surface area contributed by atoms with Gasteiger partial charge in [0.25, 0.3) is 0 Å². The lowest BCUT2D eigenvalue weighted by molar-refractivity contribution is 0.103. The van der Waals surface area contributed by atoms with Crippen LogP contribution in [-0.2, 0) is 0 Å². The summed E-state index contributed by atoms with van der Waals surface area (Å²) in [6, 6.07) is 15.3. The van der Waals surface area contributed by atoms with Crippen LogP contribution in [0.1, 0.15) is 15.9 Å². The molecule has 0 unspecified atom stereocenters. The molecule has 0 aliphatic heterocycles. The topological polar surface area (TPSA) is 17.1 Å². The van der Waals surface area contributed by atoms with Gasteiger partial charge in [-0.05, 0) is 81.6 Å². The van der Waals surface area contributed by atoms with E-state index in [1.165, 1.54) is 0 Å². The second-order valence-electron chi connectivity index (χ2n) is 3.35. The molecule has 2 aromatic carbocycles. The molecule has 0 amide bonds. The predicted molar refractivity (Wildman–Crippen MR) is 81.8 cm³/mol. The van der Waals surface area contributed by atoms with Gasteiger partial charge in [-0.2, -0.15) is 0 Å². The average molecular weight is 434 g/mol. The molecule has 0 aliphatic rings. The van der Waals surface area contributed by atoms with E-state index >= 15 is 0 Å². The minimum Gasteiger partial charge on any atom is -0.289 e. The van der Waals surface area contributed by atoms with Crippen LogP contribution < -0.4 is 0 Å². The van der Waals surface area contributed by atoms with Crippen molar-refractivity contribution in [3.8, 4) is 0 Å². The smallest absolute Gasteiger partial charge is 0.193 e. The number of ketones is 1. The van der Waals surface area contributed by atoms with E-state index < -0.39 is 0 Å². The maximum atomic E-state index is 12.1. The van der Waals surface area contributed by atoms with Gasteiger partial charge in [0.15, 0.2) is 5.78 Å². The first kappa shape index (κ1) is 12.0. The van der Waals surface area contributed by atoms with E-state index in [4.69, 9.17) is 0 Å². The first-order chi connectivity index (χ1) is 7.66. The summed E-state index contributed by atoms with van der Waals surface area (Å²) in [5.41, 5.74) is 1.48. The van der Waals surface area contributed by atoms with Gasteiger partial charge in [0, 0.05) is 18.3 Å². The molecule has 1 nitrogen and oxygen atoms in total. The quantitative estimate of drug-likeness (QED) is 0.514. The van der Waals surface area contributed by atoms with Crippen molar-refractivity contribution in [1.82, 2.24) is 0 Å². The molecule has 3 heteroatoms. The van der Waals surface area contributed by atoms with E-state index in [0.29, 0.717) is 0 Å². The Morgan fingerprint density at radius 1 is 0.812 bits per heavy atom. The van der Waals surface area contributed by atoms with E-state index in [2.05, 4.69) is 45.2 Å². The first-order valence-corrected chi connectivity index (χ1v) is 6.88. The largest absolute Gasteiger partial charge is 0.289 e. The number of hydrogen-bond acceptors (Lipinski definition) is 1. The van der Waals surface area contributed by atoms with Gasteiger partial charge in [0.2, 0.25) is 0 Å². The first-order valence-electron chi connectivity index (χ1n) is 4.72. The summed E-state index contributed by atoms with van der Waals surface area (Å²) < 4.78 is 2.21. The Morgan fingerprint density at radius 3 is 2.12 bits per heavy atom. The van der Waals surface area contributed by atoms with E-state index in [-0.39, 0.29) is 5.78 Å². The highest BCUT2D eigenvalue weighted by Crippen LogP contribution is 2.14. The highest BCUT2D eigenvalue weighted by atomic mass is 127. The Morgan fingerprint density at radius 2 is 1.50 bits per heavy atom. The highest BCUT2D eigenvalue weighted by Gasteiger charge is 2.08. The minimum atomic E-state index is 0.0786. The van der Waals surface area contributed by atoms with Crippen LogP contribution >= 0.6 is 45.2 Å². The van der Waals surface area contributed by atoms with Crippen LogP contribution in [0.15, 0.2) is 48.5 Å². The molecule has 0 aromatic heterocycles. The Bertz CT molecular complexity index is 518. The third kappa shape index (κ3) is 2.82. The van der Waals surface area contributed by atoms with Crippen LogP contribution in [0.5, 0.6) is 0 Å². The van der Waals surface area contributed by atoms with Gasteiger partial charge in [-0.1, -0.05) is 12.1 Å². The Balaban J connectivity index is 2.35. The Labute approximate surface area is 122 Å². The predicted octanol–water partition coefficient (Wildman–Crippen LogP) is 4.13. The molecule has 0 spiro atoms. The molecule has 2 aromatic rings. The Hall–Kier alpha value is -0.430. The van der Waals surface area contributed by atoms with Gasteiger partial charge in [-0.3, -0.25) is 4.79 Å². The van der Waals surface area contributed by atoms with E-state index in [1.807, 2.05) is 48.5 Å². The Kier molecular flexibility index (Phi) is 3.96. The lowest BCUT2D eigenvalue weighted by Gasteiger charge is -2.01. The molecule has 16 heavy (non-hydrogen) atoms. The zero-order chi connectivity index (χ0) is 11.5. The lowest BCUT2D eigenvalue weighted by atomic mass is 10.0. The molecule has 0 N–H and O–H groups in total. The zero-order valence-electron chi connectivity index (χ0n) is 8.28. The molecular formula is C13H8I2O. The molecule has 2 rings (SSSR count). The van der Waals surface area contributed by atoms with Crippen LogP contribution in [0.2, 0.25) is 0 Å². The lowest BCUT2D eigenvalue weighted by Crippen LogP contribution is -2.01. The van der Waals surface area contributed by atoms with Crippen molar-refractivity contribution in [3.63, 3.8) is 0 Å². The summed E-state index contributed by atoms with van der Waals surface area (Å²) in [6.07, 6.45) is 0. The number of halogens is 2. The van der Waals surface area contributed by atoms with Crippen LogP contribution in [0.4, 0.5) is 0 Å². The highest BCUT2D eigenvalue weighted by molar-refractivity contribution is 14.1. The molecule has 0 atom stereocenters. The fraction of sp³-hybridized carbons (Fsp3) is 0. The van der Waals surface area contributed by atoms with Gasteiger partial charge >= 0.3 is 0 Å². The van der Waals surface area contributed by atoms with E-state index in [0.717, 1.165) is 18.3 Å². The number of carbonyl (C=O) groups is 1. The summed E-state index contributed by atoms with van der Waals surface area (Å²) in [7, 11) is 0. The summed E-state index contributed by atoms with van der Waals surface area (Å²) >= 11 is 4.44. The second kappa shape index (κ2) is 5.27. The molecule has 0 radical (unpaired) electrons. The summed E-state index contributed by atoms with van der Waals surface area (Å²) in [6.45, 7) is 0. The van der Waals surface area contributed by atoms with Gasteiger partial charge < -0.3 is 0 Å². The summed E-state index contributed by atoms with van der Waals surface area (Å²) in [5.74, 6) is 0.0786.